The molecule has 1 fully saturated rings. The molecule has 0 spiro atoms. The number of rotatable bonds is 8. The van der Waals surface area contributed by atoms with Crippen molar-refractivity contribution >= 4 is 12.2 Å². The Kier molecular flexibility index (Phi) is 11.2. The number of hydrogen-bond donors (Lipinski definition) is 0. The summed E-state index contributed by atoms with van der Waals surface area (Å²) in [4.78, 5) is 20.5. The smallest absolute Gasteiger partial charge is 0.293 e. The third kappa shape index (κ3) is 10.4. The van der Waals surface area contributed by atoms with E-state index >= 15 is 0 Å². The summed E-state index contributed by atoms with van der Waals surface area (Å²) in [7, 11) is 0. The summed E-state index contributed by atoms with van der Waals surface area (Å²) in [5.74, 6) is 0.901. The highest BCUT2D eigenvalue weighted by molar-refractivity contribution is 5.49. The first-order valence-electron chi connectivity index (χ1n) is 14.1. The van der Waals surface area contributed by atoms with E-state index in [4.69, 9.17) is 4.74 Å². The van der Waals surface area contributed by atoms with Gasteiger partial charge in [0.05, 0.1) is 6.20 Å². The van der Waals surface area contributed by atoms with Crippen molar-refractivity contribution in [3.8, 4) is 5.75 Å². The van der Waals surface area contributed by atoms with E-state index in [1.165, 1.54) is 17.4 Å². The molecule has 2 heterocycles. The van der Waals surface area contributed by atoms with Crippen LogP contribution in [0.4, 0.5) is 14.5 Å². The van der Waals surface area contributed by atoms with E-state index < -0.39 is 6.43 Å². The van der Waals surface area contributed by atoms with E-state index in [0.717, 1.165) is 31.5 Å². The lowest BCUT2D eigenvalue weighted by Crippen LogP contribution is -2.34. The second-order valence-electron chi connectivity index (χ2n) is 12.4. The quantitative estimate of drug-likeness (QED) is 0.260. The molecule has 0 N–H and O–H groups in total. The van der Waals surface area contributed by atoms with Crippen LogP contribution in [0.25, 0.3) is 0 Å². The molecule has 0 unspecified atom stereocenters. The standard InChI is InChI=1S/C28H33F2N3O.C5H10O2/c1-28(2,3)22-9-11-23(12-10-22)33-15-13-20(14-16-33)17-25-31-18-24(26(32-25)27(29)30)34-19-21-7-5-4-6-8-21;1-5(2,3)7-4-6/h4-12,18,20,27H,13-17,19H2,1-3H3;4H,1-3H3. The largest absolute Gasteiger partial charge is 0.485 e. The Morgan fingerprint density at radius 1 is 0.976 bits per heavy atom. The summed E-state index contributed by atoms with van der Waals surface area (Å²) in [5, 5.41) is 0. The molecule has 1 aliphatic heterocycles. The van der Waals surface area contributed by atoms with Gasteiger partial charge in [0, 0.05) is 25.2 Å². The van der Waals surface area contributed by atoms with E-state index in [-0.39, 0.29) is 29.1 Å². The highest BCUT2D eigenvalue weighted by atomic mass is 19.3. The zero-order valence-electron chi connectivity index (χ0n) is 25.1. The first-order valence-corrected chi connectivity index (χ1v) is 14.1. The number of aromatic nitrogens is 2. The molecule has 41 heavy (non-hydrogen) atoms. The van der Waals surface area contributed by atoms with E-state index in [9.17, 15) is 13.6 Å². The number of anilines is 1. The normalized spacial score (nSPS) is 14.3. The van der Waals surface area contributed by atoms with Crippen LogP contribution >= 0.6 is 0 Å². The highest BCUT2D eigenvalue weighted by Crippen LogP contribution is 2.30. The summed E-state index contributed by atoms with van der Waals surface area (Å²) < 4.78 is 37.5. The van der Waals surface area contributed by atoms with Crippen LogP contribution < -0.4 is 9.64 Å². The lowest BCUT2D eigenvalue weighted by atomic mass is 9.87. The minimum absolute atomic E-state index is 0.0520. The molecule has 1 aromatic heterocycles. The monoisotopic (exact) mass is 567 g/mol. The molecule has 3 aromatic rings. The van der Waals surface area contributed by atoms with Crippen LogP contribution in [0.2, 0.25) is 0 Å². The third-order valence-corrected chi connectivity index (χ3v) is 6.86. The fourth-order valence-corrected chi connectivity index (χ4v) is 4.49. The first kappa shape index (κ1) is 32.0. The fraction of sp³-hybridized carbons (Fsp3) is 0.485. The third-order valence-electron chi connectivity index (χ3n) is 6.86. The molecule has 4 rings (SSSR count). The van der Waals surface area contributed by atoms with Crippen LogP contribution in [-0.2, 0) is 28.0 Å². The second kappa shape index (κ2) is 14.4. The molecule has 2 aromatic carbocycles. The predicted octanol–water partition coefficient (Wildman–Crippen LogP) is 7.71. The van der Waals surface area contributed by atoms with Crippen molar-refractivity contribution in [2.75, 3.05) is 18.0 Å². The Hall–Kier alpha value is -3.55. The zero-order chi connectivity index (χ0) is 30.0. The molecular formula is C33H43F2N3O3. The maximum absolute atomic E-state index is 13.7. The number of ether oxygens (including phenoxy) is 2. The van der Waals surface area contributed by atoms with Crippen LogP contribution in [-0.4, -0.2) is 35.1 Å². The van der Waals surface area contributed by atoms with Crippen molar-refractivity contribution < 1.29 is 23.0 Å². The van der Waals surface area contributed by atoms with Crippen molar-refractivity contribution in [1.82, 2.24) is 9.97 Å². The van der Waals surface area contributed by atoms with Gasteiger partial charge in [-0.1, -0.05) is 63.2 Å². The van der Waals surface area contributed by atoms with Crippen LogP contribution in [0, 0.1) is 5.92 Å². The Bertz CT molecular complexity index is 1220. The van der Waals surface area contributed by atoms with E-state index in [1.54, 1.807) is 0 Å². The molecular weight excluding hydrogens is 524 g/mol. The van der Waals surface area contributed by atoms with Crippen molar-refractivity contribution in [2.24, 2.45) is 5.92 Å². The molecule has 1 saturated heterocycles. The fourth-order valence-electron chi connectivity index (χ4n) is 4.49. The number of hydrogen-bond acceptors (Lipinski definition) is 6. The SMILES string of the molecule is CC(C)(C)OC=O.CC(C)(C)c1ccc(N2CCC(Cc3ncc(OCc4ccccc4)c(C(F)F)n3)CC2)cc1. The molecule has 222 valence electrons. The summed E-state index contributed by atoms with van der Waals surface area (Å²) in [6.07, 6.45) is 1.28. The van der Waals surface area contributed by atoms with Gasteiger partial charge in [-0.15, -0.1) is 0 Å². The number of carbonyl (C=O) groups is 1. The minimum Gasteiger partial charge on any atom is -0.485 e. The number of carbonyl (C=O) groups excluding carboxylic acids is 1. The van der Waals surface area contributed by atoms with E-state index in [1.807, 2.05) is 51.1 Å². The number of alkyl halides is 2. The first-order chi connectivity index (χ1) is 19.4. The molecule has 0 radical (unpaired) electrons. The van der Waals surface area contributed by atoms with Gasteiger partial charge in [0.1, 0.15) is 18.0 Å². The van der Waals surface area contributed by atoms with Crippen molar-refractivity contribution in [3.63, 3.8) is 0 Å². The maximum atomic E-state index is 13.7. The summed E-state index contributed by atoms with van der Waals surface area (Å²) in [6, 6.07) is 18.3. The van der Waals surface area contributed by atoms with Gasteiger partial charge >= 0.3 is 0 Å². The predicted molar refractivity (Wildman–Crippen MR) is 158 cm³/mol. The van der Waals surface area contributed by atoms with Gasteiger partial charge in [-0.2, -0.15) is 0 Å². The van der Waals surface area contributed by atoms with Gasteiger partial charge in [-0.3, -0.25) is 4.79 Å². The molecule has 0 saturated carbocycles. The Balaban J connectivity index is 0.000000587. The van der Waals surface area contributed by atoms with Gasteiger partial charge in [0.25, 0.3) is 12.9 Å². The molecule has 6 nitrogen and oxygen atoms in total. The lowest BCUT2D eigenvalue weighted by Gasteiger charge is -2.34. The van der Waals surface area contributed by atoms with Gasteiger partial charge in [-0.05, 0) is 68.2 Å². The van der Waals surface area contributed by atoms with Crippen LogP contribution in [0.15, 0.2) is 60.8 Å². The summed E-state index contributed by atoms with van der Waals surface area (Å²) >= 11 is 0. The van der Waals surface area contributed by atoms with Gasteiger partial charge in [-0.25, -0.2) is 18.7 Å². The van der Waals surface area contributed by atoms with Crippen molar-refractivity contribution in [2.45, 2.75) is 84.9 Å². The summed E-state index contributed by atoms with van der Waals surface area (Å²) in [6.45, 7) is 14.7. The number of piperidine rings is 1. The van der Waals surface area contributed by atoms with Crippen molar-refractivity contribution in [3.05, 3.63) is 83.4 Å². The molecule has 0 atom stereocenters. The Morgan fingerprint density at radius 2 is 1.61 bits per heavy atom. The maximum Gasteiger partial charge on any atom is 0.293 e. The average Bonchev–Trinajstić information content (AvgIpc) is 2.92. The molecule has 0 amide bonds. The summed E-state index contributed by atoms with van der Waals surface area (Å²) in [5.41, 5.74) is 2.98. The van der Waals surface area contributed by atoms with Gasteiger partial charge in [0.15, 0.2) is 11.4 Å². The molecule has 0 bridgehead atoms. The average molecular weight is 568 g/mol. The second-order valence-corrected chi connectivity index (χ2v) is 12.4. The molecule has 8 heteroatoms. The number of benzene rings is 2. The Morgan fingerprint density at radius 3 is 2.12 bits per heavy atom. The van der Waals surface area contributed by atoms with E-state index in [2.05, 4.69) is 64.6 Å². The highest BCUT2D eigenvalue weighted by Gasteiger charge is 2.24. The number of halogens is 2. The van der Waals surface area contributed by atoms with Crippen LogP contribution in [0.1, 0.15) is 83.5 Å². The van der Waals surface area contributed by atoms with Crippen LogP contribution in [0.5, 0.6) is 5.75 Å². The topological polar surface area (TPSA) is 64.5 Å². The van der Waals surface area contributed by atoms with Crippen LogP contribution in [0.3, 0.4) is 0 Å². The molecule has 1 aliphatic rings. The number of nitrogens with zero attached hydrogens (tertiary/aromatic N) is 3. The minimum atomic E-state index is -2.70. The lowest BCUT2D eigenvalue weighted by molar-refractivity contribution is -0.138. The van der Waals surface area contributed by atoms with Gasteiger partial charge in [0.2, 0.25) is 0 Å². The zero-order valence-corrected chi connectivity index (χ0v) is 25.1. The molecule has 0 aliphatic carbocycles. The van der Waals surface area contributed by atoms with Gasteiger partial charge < -0.3 is 14.4 Å². The Labute approximate surface area is 243 Å². The van der Waals surface area contributed by atoms with E-state index in [0.29, 0.717) is 24.6 Å². The van der Waals surface area contributed by atoms with Crippen molar-refractivity contribution in [1.29, 1.82) is 0 Å².